The van der Waals surface area contributed by atoms with Gasteiger partial charge in [-0.1, -0.05) is 13.8 Å². The van der Waals surface area contributed by atoms with E-state index in [1.54, 1.807) is 0 Å². The first-order valence-electron chi connectivity index (χ1n) is 5.40. The fourth-order valence-corrected chi connectivity index (χ4v) is 1.03. The van der Waals surface area contributed by atoms with Gasteiger partial charge in [0, 0.05) is 6.54 Å². The van der Waals surface area contributed by atoms with Crippen LogP contribution in [0, 0.1) is 5.92 Å². The van der Waals surface area contributed by atoms with E-state index in [-0.39, 0.29) is 18.6 Å². The number of carbonyl (C=O) groups is 1. The van der Waals surface area contributed by atoms with Crippen LogP contribution in [-0.2, 0) is 9.53 Å². The summed E-state index contributed by atoms with van der Waals surface area (Å²) in [5.74, 6) is 0.696. The highest BCUT2D eigenvalue weighted by molar-refractivity contribution is 5.77. The topological polar surface area (TPSA) is 38.3 Å². The van der Waals surface area contributed by atoms with Gasteiger partial charge >= 0.3 is 0 Å². The lowest BCUT2D eigenvalue weighted by Gasteiger charge is -2.09. The summed E-state index contributed by atoms with van der Waals surface area (Å²) in [5.41, 5.74) is 0. The van der Waals surface area contributed by atoms with Gasteiger partial charge in [0.2, 0.25) is 5.91 Å². The summed E-state index contributed by atoms with van der Waals surface area (Å²) < 4.78 is 5.17. The quantitative estimate of drug-likeness (QED) is 0.639. The molecule has 0 aliphatic rings. The average molecular weight is 201 g/mol. The fourth-order valence-electron chi connectivity index (χ4n) is 1.03. The van der Waals surface area contributed by atoms with E-state index >= 15 is 0 Å². The highest BCUT2D eigenvalue weighted by atomic mass is 16.5. The van der Waals surface area contributed by atoms with E-state index in [4.69, 9.17) is 4.74 Å². The van der Waals surface area contributed by atoms with Crippen LogP contribution >= 0.6 is 0 Å². The first kappa shape index (κ1) is 13.4. The van der Waals surface area contributed by atoms with Crippen LogP contribution in [0.25, 0.3) is 0 Å². The van der Waals surface area contributed by atoms with Crippen LogP contribution in [-0.4, -0.2) is 25.2 Å². The van der Waals surface area contributed by atoms with Crippen molar-refractivity contribution in [1.29, 1.82) is 0 Å². The first-order chi connectivity index (χ1) is 6.52. The van der Waals surface area contributed by atoms with Crippen molar-refractivity contribution in [3.8, 4) is 0 Å². The maximum atomic E-state index is 11.2. The molecule has 0 rings (SSSR count). The Hall–Kier alpha value is -0.570. The predicted octanol–water partition coefficient (Wildman–Crippen LogP) is 1.96. The van der Waals surface area contributed by atoms with Gasteiger partial charge in [-0.2, -0.15) is 0 Å². The second-order valence-corrected chi connectivity index (χ2v) is 4.25. The van der Waals surface area contributed by atoms with Gasteiger partial charge in [0.15, 0.2) is 0 Å². The molecule has 0 bridgehead atoms. The smallest absolute Gasteiger partial charge is 0.246 e. The van der Waals surface area contributed by atoms with Crippen molar-refractivity contribution in [3.63, 3.8) is 0 Å². The number of amides is 1. The molecule has 0 saturated carbocycles. The summed E-state index contributed by atoms with van der Waals surface area (Å²) >= 11 is 0. The molecule has 0 heterocycles. The van der Waals surface area contributed by atoms with E-state index in [1.165, 1.54) is 0 Å². The summed E-state index contributed by atoms with van der Waals surface area (Å²) in [6.07, 6.45) is 2.33. The standard InChI is InChI=1S/C11H23NO2/c1-9(2)6-5-7-12-11(13)8-14-10(3)4/h9-10H,5-8H2,1-4H3,(H,12,13). The molecule has 0 aromatic rings. The second kappa shape index (κ2) is 7.80. The minimum atomic E-state index is -0.0116. The molecular weight excluding hydrogens is 178 g/mol. The summed E-state index contributed by atoms with van der Waals surface area (Å²) in [6, 6.07) is 0. The molecule has 0 atom stereocenters. The molecule has 1 amide bonds. The molecule has 0 saturated heterocycles. The van der Waals surface area contributed by atoms with Crippen molar-refractivity contribution in [2.75, 3.05) is 13.2 Å². The van der Waals surface area contributed by atoms with E-state index in [1.807, 2.05) is 13.8 Å². The largest absolute Gasteiger partial charge is 0.369 e. The molecule has 0 aromatic heterocycles. The summed E-state index contributed by atoms with van der Waals surface area (Å²) in [6.45, 7) is 9.16. The Morgan fingerprint density at radius 3 is 2.43 bits per heavy atom. The Bertz CT molecular complexity index is 155. The molecule has 0 aromatic carbocycles. The maximum Gasteiger partial charge on any atom is 0.246 e. The molecule has 0 aliphatic heterocycles. The second-order valence-electron chi connectivity index (χ2n) is 4.25. The Morgan fingerprint density at radius 2 is 1.93 bits per heavy atom. The number of hydrogen-bond donors (Lipinski definition) is 1. The molecule has 84 valence electrons. The normalized spacial score (nSPS) is 11.0. The van der Waals surface area contributed by atoms with Crippen molar-refractivity contribution in [1.82, 2.24) is 5.32 Å². The average Bonchev–Trinajstić information content (AvgIpc) is 2.08. The molecule has 3 heteroatoms. The number of carbonyl (C=O) groups excluding carboxylic acids is 1. The van der Waals surface area contributed by atoms with Gasteiger partial charge in [-0.25, -0.2) is 0 Å². The SMILES string of the molecule is CC(C)CCCNC(=O)COC(C)C. The van der Waals surface area contributed by atoms with Crippen LogP contribution < -0.4 is 5.32 Å². The molecule has 1 N–H and O–H groups in total. The third-order valence-corrected chi connectivity index (χ3v) is 1.83. The number of nitrogens with one attached hydrogen (secondary N) is 1. The molecule has 0 spiro atoms. The molecule has 0 aliphatic carbocycles. The number of rotatable bonds is 7. The molecule has 14 heavy (non-hydrogen) atoms. The van der Waals surface area contributed by atoms with E-state index in [0.717, 1.165) is 19.4 Å². The van der Waals surface area contributed by atoms with E-state index in [0.29, 0.717) is 5.92 Å². The Kier molecular flexibility index (Phi) is 7.48. The minimum absolute atomic E-state index is 0.0116. The summed E-state index contributed by atoms with van der Waals surface area (Å²) in [5, 5.41) is 2.83. The Balaban J connectivity index is 3.27. The predicted molar refractivity (Wildman–Crippen MR) is 58.2 cm³/mol. The maximum absolute atomic E-state index is 11.2. The summed E-state index contributed by atoms with van der Waals surface area (Å²) in [4.78, 5) is 11.2. The van der Waals surface area contributed by atoms with Crippen molar-refractivity contribution in [3.05, 3.63) is 0 Å². The molecule has 0 radical (unpaired) electrons. The third-order valence-electron chi connectivity index (χ3n) is 1.83. The van der Waals surface area contributed by atoms with E-state index < -0.39 is 0 Å². The molecule has 0 fully saturated rings. The van der Waals surface area contributed by atoms with Gasteiger partial charge in [0.25, 0.3) is 0 Å². The van der Waals surface area contributed by atoms with Crippen LogP contribution in [0.4, 0.5) is 0 Å². The van der Waals surface area contributed by atoms with Crippen molar-refractivity contribution >= 4 is 5.91 Å². The molecule has 3 nitrogen and oxygen atoms in total. The number of ether oxygens (including phenoxy) is 1. The van der Waals surface area contributed by atoms with E-state index in [9.17, 15) is 4.79 Å². The monoisotopic (exact) mass is 201 g/mol. The van der Waals surface area contributed by atoms with Gasteiger partial charge in [-0.05, 0) is 32.6 Å². The van der Waals surface area contributed by atoms with Crippen LogP contribution in [0.5, 0.6) is 0 Å². The zero-order chi connectivity index (χ0) is 11.0. The fraction of sp³-hybridized carbons (Fsp3) is 0.909. The zero-order valence-corrected chi connectivity index (χ0v) is 9.80. The minimum Gasteiger partial charge on any atom is -0.369 e. The number of hydrogen-bond acceptors (Lipinski definition) is 2. The van der Waals surface area contributed by atoms with Gasteiger partial charge in [0.05, 0.1) is 6.10 Å². The van der Waals surface area contributed by atoms with Crippen LogP contribution in [0.1, 0.15) is 40.5 Å². The Morgan fingerprint density at radius 1 is 1.29 bits per heavy atom. The van der Waals surface area contributed by atoms with Crippen LogP contribution in [0.15, 0.2) is 0 Å². The van der Waals surface area contributed by atoms with Crippen LogP contribution in [0.3, 0.4) is 0 Å². The Labute approximate surface area is 87.2 Å². The van der Waals surface area contributed by atoms with Crippen molar-refractivity contribution in [2.45, 2.75) is 46.6 Å². The molecular formula is C11H23NO2. The van der Waals surface area contributed by atoms with Gasteiger partial charge < -0.3 is 10.1 Å². The zero-order valence-electron chi connectivity index (χ0n) is 9.80. The van der Waals surface area contributed by atoms with Crippen LogP contribution in [0.2, 0.25) is 0 Å². The molecule has 0 unspecified atom stereocenters. The third kappa shape index (κ3) is 9.52. The van der Waals surface area contributed by atoms with E-state index in [2.05, 4.69) is 19.2 Å². The first-order valence-corrected chi connectivity index (χ1v) is 5.40. The highest BCUT2D eigenvalue weighted by Crippen LogP contribution is 2.01. The lowest BCUT2D eigenvalue weighted by Crippen LogP contribution is -2.29. The lowest BCUT2D eigenvalue weighted by atomic mass is 10.1. The van der Waals surface area contributed by atoms with Crippen molar-refractivity contribution < 1.29 is 9.53 Å². The van der Waals surface area contributed by atoms with Crippen molar-refractivity contribution in [2.24, 2.45) is 5.92 Å². The lowest BCUT2D eigenvalue weighted by molar-refractivity contribution is -0.127. The van der Waals surface area contributed by atoms with Gasteiger partial charge in [-0.3, -0.25) is 4.79 Å². The van der Waals surface area contributed by atoms with Gasteiger partial charge in [0.1, 0.15) is 6.61 Å². The highest BCUT2D eigenvalue weighted by Gasteiger charge is 2.02. The summed E-state index contributed by atoms with van der Waals surface area (Å²) in [7, 11) is 0. The van der Waals surface area contributed by atoms with Gasteiger partial charge in [-0.15, -0.1) is 0 Å².